The smallest absolute Gasteiger partial charge is 0.230 e. The number of nitrogens with one attached hydrogen (secondary N) is 1. The van der Waals surface area contributed by atoms with E-state index in [4.69, 9.17) is 0 Å². The lowest BCUT2D eigenvalue weighted by Crippen LogP contribution is -3.08. The van der Waals surface area contributed by atoms with Crippen LogP contribution in [0.1, 0.15) is 6.92 Å². The van der Waals surface area contributed by atoms with Gasteiger partial charge in [-0.2, -0.15) is 9.48 Å². The molecule has 3 nitrogen and oxygen atoms in total. The number of carbonyl (C=O) groups is 1. The highest BCUT2D eigenvalue weighted by Gasteiger charge is 2.18. The van der Waals surface area contributed by atoms with Crippen molar-refractivity contribution in [3.8, 4) is 0 Å². The van der Waals surface area contributed by atoms with E-state index in [1.54, 1.807) is 6.92 Å². The summed E-state index contributed by atoms with van der Waals surface area (Å²) in [4.78, 5) is 11.4. The van der Waals surface area contributed by atoms with E-state index in [0.29, 0.717) is 0 Å². The second kappa shape index (κ2) is 2.11. The molecule has 0 aliphatic carbocycles. The van der Waals surface area contributed by atoms with E-state index in [-0.39, 0.29) is 5.91 Å². The van der Waals surface area contributed by atoms with Crippen molar-refractivity contribution >= 4 is 12.2 Å². The van der Waals surface area contributed by atoms with Crippen molar-refractivity contribution in [2.24, 2.45) is 0 Å². The largest absolute Gasteiger partial charge is 0.342 e. The maximum absolute atomic E-state index is 10.6. The number of hydrogen-bond donors (Lipinski definition) is 1. The van der Waals surface area contributed by atoms with Crippen molar-refractivity contribution in [1.82, 2.24) is 0 Å². The molecular formula is C6H10N2O+2. The van der Waals surface area contributed by atoms with Crippen LogP contribution in [-0.4, -0.2) is 23.9 Å². The van der Waals surface area contributed by atoms with Crippen LogP contribution in [0.3, 0.4) is 0 Å². The summed E-state index contributed by atoms with van der Waals surface area (Å²) in [5.41, 5.74) is 0. The molecule has 0 aromatic carbocycles. The first-order valence-electron chi connectivity index (χ1n) is 2.83. The Balaban J connectivity index is 2.70. The third-order valence-corrected chi connectivity index (χ3v) is 1.24. The second-order valence-electron chi connectivity index (χ2n) is 2.12. The second-order valence-corrected chi connectivity index (χ2v) is 2.12. The molecule has 1 heterocycles. The van der Waals surface area contributed by atoms with Crippen LogP contribution in [0.15, 0.2) is 12.4 Å². The van der Waals surface area contributed by atoms with Gasteiger partial charge >= 0.3 is 12.2 Å². The van der Waals surface area contributed by atoms with Crippen LogP contribution in [0, 0.1) is 0 Å². The van der Waals surface area contributed by atoms with E-state index in [0.717, 1.165) is 4.90 Å². The minimum Gasteiger partial charge on any atom is -0.230 e. The highest BCUT2D eigenvalue weighted by molar-refractivity contribution is 5.70. The lowest BCUT2D eigenvalue weighted by Gasteiger charge is -1.90. The fraction of sp³-hybridized carbons (Fsp3) is 0.333. The number of amides is 1. The molecule has 0 fully saturated rings. The molecule has 1 N–H and O–H groups in total. The number of hydrogen-bond acceptors (Lipinski definition) is 1. The van der Waals surface area contributed by atoms with Gasteiger partial charge in [0, 0.05) is 0 Å². The van der Waals surface area contributed by atoms with E-state index in [2.05, 4.69) is 0 Å². The number of quaternary nitrogens is 1. The van der Waals surface area contributed by atoms with Crippen LogP contribution in [-0.2, 0) is 4.79 Å². The molecule has 1 aliphatic rings. The summed E-state index contributed by atoms with van der Waals surface area (Å²) in [7, 11) is 1.90. The zero-order valence-corrected chi connectivity index (χ0v) is 5.59. The molecule has 9 heavy (non-hydrogen) atoms. The number of nitrogens with zero attached hydrogens (tertiary/aromatic N) is 1. The lowest BCUT2D eigenvalue weighted by molar-refractivity contribution is -0.663. The summed E-state index contributed by atoms with van der Waals surface area (Å²) < 4.78 is 1.86. The summed E-state index contributed by atoms with van der Waals surface area (Å²) in [5, 5.41) is 0. The van der Waals surface area contributed by atoms with Crippen LogP contribution in [0.2, 0.25) is 0 Å². The fourth-order valence-corrected chi connectivity index (χ4v) is 0.712. The molecule has 3 heteroatoms. The van der Waals surface area contributed by atoms with E-state index < -0.39 is 0 Å². The summed E-state index contributed by atoms with van der Waals surface area (Å²) in [6, 6.07) is 0. The molecule has 0 radical (unpaired) electrons. The van der Waals surface area contributed by atoms with Gasteiger partial charge in [-0.05, 0) is 0 Å². The quantitative estimate of drug-likeness (QED) is 0.395. The van der Waals surface area contributed by atoms with Gasteiger partial charge in [0.05, 0.1) is 6.92 Å². The molecule has 1 amide bonds. The first-order valence-corrected chi connectivity index (χ1v) is 2.83. The van der Waals surface area contributed by atoms with Gasteiger partial charge in [-0.1, -0.05) is 0 Å². The van der Waals surface area contributed by atoms with Gasteiger partial charge in [0.2, 0.25) is 6.20 Å². The Morgan fingerprint density at radius 3 is 2.56 bits per heavy atom. The highest BCUT2D eigenvalue weighted by atomic mass is 16.2. The number of rotatable bonds is 0. The normalized spacial score (nSPS) is 24.2. The van der Waals surface area contributed by atoms with Gasteiger partial charge in [0.15, 0.2) is 6.20 Å². The molecular weight excluding hydrogens is 116 g/mol. The van der Waals surface area contributed by atoms with Crippen molar-refractivity contribution in [3.63, 3.8) is 0 Å². The van der Waals surface area contributed by atoms with Crippen LogP contribution in [0.5, 0.6) is 0 Å². The van der Waals surface area contributed by atoms with Crippen LogP contribution in [0.4, 0.5) is 0 Å². The summed E-state index contributed by atoms with van der Waals surface area (Å²) >= 11 is 0. The van der Waals surface area contributed by atoms with Crippen LogP contribution >= 0.6 is 0 Å². The Hall–Kier alpha value is -0.960. The first-order chi connectivity index (χ1) is 4.20. The topological polar surface area (TPSA) is 24.5 Å². The van der Waals surface area contributed by atoms with Crippen molar-refractivity contribution in [3.05, 3.63) is 12.4 Å². The van der Waals surface area contributed by atoms with E-state index in [9.17, 15) is 4.79 Å². The van der Waals surface area contributed by atoms with E-state index in [1.165, 1.54) is 0 Å². The maximum Gasteiger partial charge on any atom is 0.342 e. The van der Waals surface area contributed by atoms with Crippen molar-refractivity contribution in [1.29, 1.82) is 0 Å². The summed E-state index contributed by atoms with van der Waals surface area (Å²) in [6.07, 6.45) is 5.47. The van der Waals surface area contributed by atoms with Crippen molar-refractivity contribution in [2.45, 2.75) is 6.92 Å². The Kier molecular flexibility index (Phi) is 1.44. The monoisotopic (exact) mass is 126 g/mol. The van der Waals surface area contributed by atoms with Crippen molar-refractivity contribution in [2.75, 3.05) is 7.05 Å². The zero-order chi connectivity index (χ0) is 6.85. The molecule has 1 unspecified atom stereocenters. The van der Waals surface area contributed by atoms with E-state index >= 15 is 0 Å². The molecule has 0 aromatic rings. The summed E-state index contributed by atoms with van der Waals surface area (Å²) in [5.74, 6) is 0.121. The Bertz CT molecular complexity index is 193. The lowest BCUT2D eigenvalue weighted by atomic mass is 10.6. The maximum atomic E-state index is 10.6. The molecule has 0 saturated heterocycles. The highest BCUT2D eigenvalue weighted by Crippen LogP contribution is 1.69. The first kappa shape index (κ1) is 6.16. The van der Waals surface area contributed by atoms with Gasteiger partial charge in [0.25, 0.3) is 0 Å². The summed E-state index contributed by atoms with van der Waals surface area (Å²) in [6.45, 7) is 1.56. The SMILES string of the molecule is CC(=O)[NH+]1C=C[N+](C)=C1. The van der Waals surface area contributed by atoms with Crippen LogP contribution < -0.4 is 4.90 Å². The molecule has 1 aliphatic heterocycles. The molecule has 0 spiro atoms. The molecule has 1 atom stereocenters. The van der Waals surface area contributed by atoms with E-state index in [1.807, 2.05) is 30.4 Å². The Morgan fingerprint density at radius 2 is 2.33 bits per heavy atom. The average molecular weight is 126 g/mol. The standard InChI is InChI=1S/C6H9N2O/c1-6(9)8-4-3-7(2)5-8/h3-5H,1-2H3/q+1/p+1. The van der Waals surface area contributed by atoms with Crippen molar-refractivity contribution < 1.29 is 14.3 Å². The zero-order valence-electron chi connectivity index (χ0n) is 5.59. The minimum absolute atomic E-state index is 0.121. The molecule has 0 saturated carbocycles. The van der Waals surface area contributed by atoms with Gasteiger partial charge in [-0.15, -0.1) is 0 Å². The number of carbonyl (C=O) groups excluding carboxylic acids is 1. The molecule has 0 aromatic heterocycles. The Morgan fingerprint density at radius 1 is 1.67 bits per heavy atom. The van der Waals surface area contributed by atoms with Gasteiger partial charge in [-0.25, -0.2) is 4.79 Å². The van der Waals surface area contributed by atoms with Gasteiger partial charge < -0.3 is 0 Å². The van der Waals surface area contributed by atoms with Gasteiger partial charge in [-0.3, -0.25) is 0 Å². The minimum atomic E-state index is 0.121. The predicted octanol–water partition coefficient (Wildman–Crippen LogP) is -1.43. The molecule has 48 valence electrons. The fourth-order valence-electron chi connectivity index (χ4n) is 0.712. The average Bonchev–Trinajstić information content (AvgIpc) is 2.14. The molecule has 1 rings (SSSR count). The van der Waals surface area contributed by atoms with Gasteiger partial charge in [0.1, 0.15) is 7.05 Å². The molecule has 0 bridgehead atoms. The van der Waals surface area contributed by atoms with Crippen LogP contribution in [0.25, 0.3) is 0 Å². The predicted molar refractivity (Wildman–Crippen MR) is 33.0 cm³/mol. The third kappa shape index (κ3) is 1.23. The third-order valence-electron chi connectivity index (χ3n) is 1.24. The Labute approximate surface area is 53.9 Å².